The summed E-state index contributed by atoms with van der Waals surface area (Å²) < 4.78 is 0. The van der Waals surface area contributed by atoms with Gasteiger partial charge in [-0.25, -0.2) is 0 Å². The van der Waals surface area contributed by atoms with Crippen LogP contribution in [0.15, 0.2) is 24.5 Å². The molecule has 0 bridgehead atoms. The molecule has 1 aromatic rings. The predicted octanol–water partition coefficient (Wildman–Crippen LogP) is 2.62. The third-order valence-electron chi connectivity index (χ3n) is 2.97. The van der Waals surface area contributed by atoms with Crippen LogP contribution in [0.5, 0.6) is 0 Å². The molecule has 0 unspecified atom stereocenters. The summed E-state index contributed by atoms with van der Waals surface area (Å²) in [6.07, 6.45) is 5.88. The summed E-state index contributed by atoms with van der Waals surface area (Å²) >= 11 is 0. The highest BCUT2D eigenvalue weighted by molar-refractivity contribution is 5.82. The molecule has 1 heterocycles. The zero-order valence-corrected chi connectivity index (χ0v) is 10.8. The maximum atomic E-state index is 12.4. The molecule has 3 nitrogen and oxygen atoms in total. The van der Waals surface area contributed by atoms with E-state index in [1.807, 2.05) is 44.0 Å². The van der Waals surface area contributed by atoms with E-state index in [1.54, 1.807) is 6.20 Å². The van der Waals surface area contributed by atoms with Crippen LogP contribution in [-0.4, -0.2) is 21.8 Å². The average molecular weight is 232 g/mol. The molecule has 0 atom stereocenters. The highest BCUT2D eigenvalue weighted by Gasteiger charge is 2.37. The van der Waals surface area contributed by atoms with Crippen molar-refractivity contribution < 1.29 is 4.79 Å². The summed E-state index contributed by atoms with van der Waals surface area (Å²) in [5, 5.41) is 0. The van der Waals surface area contributed by atoms with Gasteiger partial charge in [-0.2, -0.15) is 0 Å². The van der Waals surface area contributed by atoms with Gasteiger partial charge in [0, 0.05) is 30.4 Å². The largest absolute Gasteiger partial charge is 0.335 e. The number of nitrogens with zero attached hydrogens (tertiary/aromatic N) is 2. The van der Waals surface area contributed by atoms with Crippen molar-refractivity contribution in [3.05, 3.63) is 30.1 Å². The first-order valence-electron chi connectivity index (χ1n) is 6.18. The first kappa shape index (κ1) is 12.1. The summed E-state index contributed by atoms with van der Waals surface area (Å²) in [6.45, 7) is 6.63. The molecule has 3 heteroatoms. The Morgan fingerprint density at radius 3 is 2.65 bits per heavy atom. The second-order valence-electron chi connectivity index (χ2n) is 5.78. The third kappa shape index (κ3) is 3.05. The summed E-state index contributed by atoms with van der Waals surface area (Å²) in [6, 6.07) is 4.39. The minimum absolute atomic E-state index is 0.240. The van der Waals surface area contributed by atoms with E-state index < -0.39 is 0 Å². The Labute approximate surface area is 103 Å². The molecular weight excluding hydrogens is 212 g/mol. The first-order valence-corrected chi connectivity index (χ1v) is 6.18. The van der Waals surface area contributed by atoms with Gasteiger partial charge in [0.2, 0.25) is 5.91 Å². The van der Waals surface area contributed by atoms with Crippen LogP contribution in [0.25, 0.3) is 0 Å². The number of carbonyl (C=O) groups excluding carboxylic acids is 1. The lowest BCUT2D eigenvalue weighted by Crippen LogP contribution is -2.40. The van der Waals surface area contributed by atoms with Gasteiger partial charge in [-0.1, -0.05) is 26.8 Å². The van der Waals surface area contributed by atoms with Gasteiger partial charge in [-0.3, -0.25) is 9.78 Å². The molecular formula is C14H20N2O. The van der Waals surface area contributed by atoms with Crippen LogP contribution in [-0.2, 0) is 11.3 Å². The van der Waals surface area contributed by atoms with Crippen LogP contribution in [0.3, 0.4) is 0 Å². The van der Waals surface area contributed by atoms with Crippen molar-refractivity contribution in [2.24, 2.45) is 5.41 Å². The maximum absolute atomic E-state index is 12.4. The summed E-state index contributed by atoms with van der Waals surface area (Å²) in [5.74, 6) is 0.240. The number of rotatable bonds is 3. The molecule has 1 aliphatic carbocycles. The summed E-state index contributed by atoms with van der Waals surface area (Å²) in [4.78, 5) is 18.5. The molecule has 2 rings (SSSR count). The monoisotopic (exact) mass is 232 g/mol. The van der Waals surface area contributed by atoms with Crippen molar-refractivity contribution in [1.82, 2.24) is 9.88 Å². The number of hydrogen-bond acceptors (Lipinski definition) is 2. The third-order valence-corrected chi connectivity index (χ3v) is 2.97. The van der Waals surface area contributed by atoms with Crippen molar-refractivity contribution in [2.45, 2.75) is 46.2 Å². The Balaban J connectivity index is 2.11. The number of hydrogen-bond donors (Lipinski definition) is 0. The standard InChI is InChI=1S/C14H20N2O/c1-14(2,3)13(17)16(12-6-7-12)10-11-5-4-8-15-9-11/h4-5,8-9,12H,6-7,10H2,1-3H3. The van der Waals surface area contributed by atoms with E-state index in [2.05, 4.69) is 4.98 Å². The highest BCUT2D eigenvalue weighted by atomic mass is 16.2. The molecule has 17 heavy (non-hydrogen) atoms. The molecule has 92 valence electrons. The van der Waals surface area contributed by atoms with Crippen molar-refractivity contribution in [3.63, 3.8) is 0 Å². The van der Waals surface area contributed by atoms with Gasteiger partial charge < -0.3 is 4.90 Å². The van der Waals surface area contributed by atoms with Gasteiger partial charge in [0.25, 0.3) is 0 Å². The molecule has 0 spiro atoms. The average Bonchev–Trinajstić information content (AvgIpc) is 3.09. The van der Waals surface area contributed by atoms with Crippen LogP contribution in [0.1, 0.15) is 39.2 Å². The highest BCUT2D eigenvalue weighted by Crippen LogP contribution is 2.32. The maximum Gasteiger partial charge on any atom is 0.228 e. The molecule has 1 saturated carbocycles. The predicted molar refractivity (Wildman–Crippen MR) is 67.3 cm³/mol. The van der Waals surface area contributed by atoms with Crippen LogP contribution in [0.2, 0.25) is 0 Å². The van der Waals surface area contributed by atoms with Crippen LogP contribution < -0.4 is 0 Å². The number of amides is 1. The fourth-order valence-corrected chi connectivity index (χ4v) is 1.87. The van der Waals surface area contributed by atoms with Crippen LogP contribution in [0.4, 0.5) is 0 Å². The minimum atomic E-state index is -0.301. The van der Waals surface area contributed by atoms with Crippen LogP contribution >= 0.6 is 0 Å². The number of pyridine rings is 1. The quantitative estimate of drug-likeness (QED) is 0.802. The first-order chi connectivity index (χ1) is 7.98. The van der Waals surface area contributed by atoms with Gasteiger partial charge in [0.05, 0.1) is 0 Å². The van der Waals surface area contributed by atoms with E-state index in [9.17, 15) is 4.79 Å². The molecule has 0 saturated heterocycles. The van der Waals surface area contributed by atoms with Crippen molar-refractivity contribution in [2.75, 3.05) is 0 Å². The Hall–Kier alpha value is -1.38. The van der Waals surface area contributed by atoms with Gasteiger partial charge >= 0.3 is 0 Å². The molecule has 1 aliphatic rings. The summed E-state index contributed by atoms with van der Waals surface area (Å²) in [7, 11) is 0. The number of aromatic nitrogens is 1. The van der Waals surface area contributed by atoms with Crippen molar-refractivity contribution in [3.8, 4) is 0 Å². The molecule has 0 radical (unpaired) electrons. The minimum Gasteiger partial charge on any atom is -0.335 e. The molecule has 1 amide bonds. The second-order valence-corrected chi connectivity index (χ2v) is 5.78. The second kappa shape index (κ2) is 4.47. The topological polar surface area (TPSA) is 33.2 Å². The SMILES string of the molecule is CC(C)(C)C(=O)N(Cc1cccnc1)C1CC1. The van der Waals surface area contributed by atoms with E-state index in [0.29, 0.717) is 12.6 Å². The van der Waals surface area contributed by atoms with Crippen molar-refractivity contribution >= 4 is 5.91 Å². The lowest BCUT2D eigenvalue weighted by atomic mass is 9.94. The van der Waals surface area contributed by atoms with E-state index >= 15 is 0 Å². The van der Waals surface area contributed by atoms with Crippen molar-refractivity contribution in [1.29, 1.82) is 0 Å². The molecule has 0 N–H and O–H groups in total. The zero-order valence-electron chi connectivity index (χ0n) is 10.8. The Kier molecular flexibility index (Phi) is 3.18. The fourth-order valence-electron chi connectivity index (χ4n) is 1.87. The van der Waals surface area contributed by atoms with E-state index in [1.165, 1.54) is 0 Å². The van der Waals surface area contributed by atoms with E-state index in [0.717, 1.165) is 18.4 Å². The fraction of sp³-hybridized carbons (Fsp3) is 0.571. The van der Waals surface area contributed by atoms with Gasteiger partial charge in [-0.05, 0) is 24.5 Å². The Bertz CT molecular complexity index is 390. The Morgan fingerprint density at radius 1 is 1.47 bits per heavy atom. The van der Waals surface area contributed by atoms with E-state index in [-0.39, 0.29) is 11.3 Å². The van der Waals surface area contributed by atoms with Crippen LogP contribution in [0, 0.1) is 5.41 Å². The molecule has 0 aliphatic heterocycles. The van der Waals surface area contributed by atoms with E-state index in [4.69, 9.17) is 0 Å². The summed E-state index contributed by atoms with van der Waals surface area (Å²) in [5.41, 5.74) is 0.808. The number of carbonyl (C=O) groups is 1. The molecule has 1 fully saturated rings. The van der Waals surface area contributed by atoms with Gasteiger partial charge in [0.15, 0.2) is 0 Å². The zero-order chi connectivity index (χ0) is 12.5. The Morgan fingerprint density at radius 2 is 2.18 bits per heavy atom. The smallest absolute Gasteiger partial charge is 0.228 e. The normalized spacial score (nSPS) is 15.7. The lowest BCUT2D eigenvalue weighted by molar-refractivity contribution is -0.140. The lowest BCUT2D eigenvalue weighted by Gasteiger charge is -2.29. The molecule has 0 aromatic carbocycles. The molecule has 1 aromatic heterocycles. The van der Waals surface area contributed by atoms with Gasteiger partial charge in [-0.15, -0.1) is 0 Å². The van der Waals surface area contributed by atoms with Gasteiger partial charge in [0.1, 0.15) is 0 Å².